The average Bonchev–Trinajstić information content (AvgIpc) is 2.28. The Morgan fingerprint density at radius 1 is 1.33 bits per heavy atom. The maximum Gasteiger partial charge on any atom is 0.244 e. The monoisotopic (exact) mass is 244 g/mol. The molecule has 1 aromatic carbocycles. The lowest BCUT2D eigenvalue weighted by atomic mass is 10.0. The second kappa shape index (κ2) is 5.68. The molecule has 0 aromatic heterocycles. The van der Waals surface area contributed by atoms with Gasteiger partial charge >= 0.3 is 0 Å². The number of nitrogens with zero attached hydrogens (tertiary/aromatic N) is 2. The lowest BCUT2D eigenvalue weighted by Gasteiger charge is -2.24. The van der Waals surface area contributed by atoms with Crippen LogP contribution in [0.4, 0.5) is 5.69 Å². The van der Waals surface area contributed by atoms with Crippen LogP contribution in [0.5, 0.6) is 0 Å². The molecule has 0 saturated carbocycles. The molecule has 1 rings (SSSR count). The highest BCUT2D eigenvalue weighted by Gasteiger charge is 2.23. The second-order valence-corrected chi connectivity index (χ2v) is 4.73. The highest BCUT2D eigenvalue weighted by atomic mass is 16.2. The van der Waals surface area contributed by atoms with Crippen LogP contribution >= 0.6 is 0 Å². The van der Waals surface area contributed by atoms with Crippen molar-refractivity contribution >= 4 is 11.6 Å². The minimum Gasteiger partial charge on any atom is -0.314 e. The number of anilines is 1. The first-order valence-corrected chi connectivity index (χ1v) is 6.17. The molecule has 18 heavy (non-hydrogen) atoms. The molecular weight excluding hydrogens is 224 g/mol. The van der Waals surface area contributed by atoms with Crippen LogP contribution in [0.1, 0.15) is 30.0 Å². The van der Waals surface area contributed by atoms with Gasteiger partial charge in [0, 0.05) is 12.7 Å². The summed E-state index contributed by atoms with van der Waals surface area (Å²) in [5.74, 6) is -0.690. The van der Waals surface area contributed by atoms with Crippen molar-refractivity contribution in [2.75, 3.05) is 11.9 Å². The highest BCUT2D eigenvalue weighted by molar-refractivity contribution is 5.97. The predicted octanol–water partition coefficient (Wildman–Crippen LogP) is 3.12. The Bertz CT molecular complexity index is 477. The number of aryl methyl sites for hydroxylation is 3. The summed E-state index contributed by atoms with van der Waals surface area (Å²) in [4.78, 5) is 13.8. The summed E-state index contributed by atoms with van der Waals surface area (Å²) < 4.78 is 0. The first-order chi connectivity index (χ1) is 8.42. The third kappa shape index (κ3) is 2.70. The molecular formula is C15H20N2O. The Hall–Kier alpha value is -1.82. The molecule has 0 N–H and O–H groups in total. The molecule has 1 unspecified atom stereocenters. The molecule has 0 aliphatic heterocycles. The number of rotatable bonds is 3. The van der Waals surface area contributed by atoms with E-state index in [1.54, 1.807) is 11.9 Å². The lowest BCUT2D eigenvalue weighted by molar-refractivity contribution is -0.120. The van der Waals surface area contributed by atoms with E-state index in [-0.39, 0.29) is 5.91 Å². The Morgan fingerprint density at radius 2 is 1.83 bits per heavy atom. The zero-order valence-corrected chi connectivity index (χ0v) is 11.7. The molecule has 1 atom stereocenters. The van der Waals surface area contributed by atoms with E-state index in [2.05, 4.69) is 18.2 Å². The van der Waals surface area contributed by atoms with Crippen LogP contribution in [0.2, 0.25) is 0 Å². The van der Waals surface area contributed by atoms with Crippen LogP contribution in [0.25, 0.3) is 0 Å². The number of hydrogen-bond acceptors (Lipinski definition) is 2. The number of nitriles is 1. The molecule has 3 nitrogen and oxygen atoms in total. The van der Waals surface area contributed by atoms with Gasteiger partial charge in [0.2, 0.25) is 5.91 Å². The fourth-order valence-corrected chi connectivity index (χ4v) is 2.37. The van der Waals surface area contributed by atoms with Crippen molar-refractivity contribution in [1.29, 1.82) is 5.26 Å². The van der Waals surface area contributed by atoms with Gasteiger partial charge in [0.25, 0.3) is 0 Å². The van der Waals surface area contributed by atoms with Crippen molar-refractivity contribution in [3.8, 4) is 6.07 Å². The van der Waals surface area contributed by atoms with Crippen LogP contribution in [0.3, 0.4) is 0 Å². The largest absolute Gasteiger partial charge is 0.314 e. The summed E-state index contributed by atoms with van der Waals surface area (Å²) in [6.45, 7) is 7.88. The van der Waals surface area contributed by atoms with Crippen molar-refractivity contribution in [2.24, 2.45) is 5.92 Å². The first-order valence-electron chi connectivity index (χ1n) is 6.17. The van der Waals surface area contributed by atoms with Crippen molar-refractivity contribution in [1.82, 2.24) is 0 Å². The lowest BCUT2D eigenvalue weighted by Crippen LogP contribution is -2.33. The Labute approximate surface area is 109 Å². The fourth-order valence-electron chi connectivity index (χ4n) is 2.37. The minimum atomic E-state index is -0.560. The maximum absolute atomic E-state index is 12.2. The van der Waals surface area contributed by atoms with Crippen molar-refractivity contribution in [3.63, 3.8) is 0 Å². The smallest absolute Gasteiger partial charge is 0.244 e. The summed E-state index contributed by atoms with van der Waals surface area (Å²) in [6, 6.07) is 6.17. The predicted molar refractivity (Wildman–Crippen MR) is 73.5 cm³/mol. The Balaban J connectivity index is 3.16. The molecule has 0 aliphatic carbocycles. The van der Waals surface area contributed by atoms with E-state index in [4.69, 9.17) is 5.26 Å². The Morgan fingerprint density at radius 3 is 2.22 bits per heavy atom. The number of hydrogen-bond donors (Lipinski definition) is 0. The van der Waals surface area contributed by atoms with Gasteiger partial charge in [-0.1, -0.05) is 24.6 Å². The van der Waals surface area contributed by atoms with E-state index in [1.807, 2.05) is 27.7 Å². The SMILES string of the molecule is CCC(C#N)C(=O)N(C)c1c(C)cc(C)cc1C. The summed E-state index contributed by atoms with van der Waals surface area (Å²) in [5.41, 5.74) is 4.23. The van der Waals surface area contributed by atoms with Crippen molar-refractivity contribution in [3.05, 3.63) is 28.8 Å². The molecule has 0 radical (unpaired) electrons. The van der Waals surface area contributed by atoms with Crippen LogP contribution in [-0.4, -0.2) is 13.0 Å². The summed E-state index contributed by atoms with van der Waals surface area (Å²) in [5, 5.41) is 8.98. The van der Waals surface area contributed by atoms with Gasteiger partial charge in [0.15, 0.2) is 0 Å². The number of benzene rings is 1. The van der Waals surface area contributed by atoms with Crippen LogP contribution < -0.4 is 4.90 Å². The third-order valence-corrected chi connectivity index (χ3v) is 3.16. The minimum absolute atomic E-state index is 0.130. The standard InChI is InChI=1S/C15H20N2O/c1-6-13(9-16)15(18)17(5)14-11(3)7-10(2)8-12(14)4/h7-8,13H,6H2,1-5H3. The summed E-state index contributed by atoms with van der Waals surface area (Å²) in [6.07, 6.45) is 0.545. The molecule has 0 aliphatic rings. The van der Waals surface area contributed by atoms with Gasteiger partial charge in [-0.25, -0.2) is 0 Å². The number of amides is 1. The maximum atomic E-state index is 12.2. The quantitative estimate of drug-likeness (QED) is 0.820. The summed E-state index contributed by atoms with van der Waals surface area (Å²) in [7, 11) is 1.74. The van der Waals surface area contributed by atoms with Gasteiger partial charge in [-0.05, 0) is 38.3 Å². The van der Waals surface area contributed by atoms with E-state index in [0.717, 1.165) is 16.8 Å². The second-order valence-electron chi connectivity index (χ2n) is 4.73. The van der Waals surface area contributed by atoms with E-state index < -0.39 is 5.92 Å². The summed E-state index contributed by atoms with van der Waals surface area (Å²) >= 11 is 0. The fraction of sp³-hybridized carbons (Fsp3) is 0.467. The molecule has 0 heterocycles. The van der Waals surface area contributed by atoms with Crippen LogP contribution in [-0.2, 0) is 4.79 Å². The normalized spacial score (nSPS) is 11.8. The van der Waals surface area contributed by atoms with Gasteiger partial charge < -0.3 is 4.90 Å². The molecule has 1 amide bonds. The molecule has 0 fully saturated rings. The zero-order valence-electron chi connectivity index (χ0n) is 11.7. The van der Waals surface area contributed by atoms with E-state index >= 15 is 0 Å². The van der Waals surface area contributed by atoms with E-state index in [1.165, 1.54) is 5.56 Å². The molecule has 0 spiro atoms. The van der Waals surface area contributed by atoms with E-state index in [0.29, 0.717) is 6.42 Å². The van der Waals surface area contributed by atoms with Crippen molar-refractivity contribution in [2.45, 2.75) is 34.1 Å². The van der Waals surface area contributed by atoms with Gasteiger partial charge in [0.05, 0.1) is 6.07 Å². The van der Waals surface area contributed by atoms with Gasteiger partial charge in [-0.3, -0.25) is 4.79 Å². The van der Waals surface area contributed by atoms with E-state index in [9.17, 15) is 4.79 Å². The van der Waals surface area contributed by atoms with Crippen molar-refractivity contribution < 1.29 is 4.79 Å². The van der Waals surface area contributed by atoms with Crippen LogP contribution in [0.15, 0.2) is 12.1 Å². The molecule has 3 heteroatoms. The topological polar surface area (TPSA) is 44.1 Å². The van der Waals surface area contributed by atoms with Gasteiger partial charge in [0.1, 0.15) is 5.92 Å². The number of carbonyl (C=O) groups excluding carboxylic acids is 1. The first kappa shape index (κ1) is 14.2. The van der Waals surface area contributed by atoms with Gasteiger partial charge in [-0.15, -0.1) is 0 Å². The zero-order chi connectivity index (χ0) is 13.9. The van der Waals surface area contributed by atoms with Gasteiger partial charge in [-0.2, -0.15) is 5.26 Å². The highest BCUT2D eigenvalue weighted by Crippen LogP contribution is 2.26. The molecule has 0 bridgehead atoms. The Kier molecular flexibility index (Phi) is 4.49. The average molecular weight is 244 g/mol. The molecule has 1 aromatic rings. The third-order valence-electron chi connectivity index (χ3n) is 3.16. The number of carbonyl (C=O) groups is 1. The molecule has 96 valence electrons. The van der Waals surface area contributed by atoms with Crippen LogP contribution in [0, 0.1) is 38.0 Å². The molecule has 0 saturated heterocycles.